The number of carbonyl (C=O) groups excluding carboxylic acids is 1. The van der Waals surface area contributed by atoms with E-state index in [0.29, 0.717) is 24.7 Å². The molecule has 1 aliphatic carbocycles. The molecule has 1 fully saturated rings. The summed E-state index contributed by atoms with van der Waals surface area (Å²) >= 11 is 0. The van der Waals surface area contributed by atoms with Gasteiger partial charge in [-0.2, -0.15) is 4.98 Å². The highest BCUT2D eigenvalue weighted by molar-refractivity contribution is 5.85. The summed E-state index contributed by atoms with van der Waals surface area (Å²) in [6.07, 6.45) is 5.29. The van der Waals surface area contributed by atoms with Crippen LogP contribution < -0.4 is 11.1 Å². The molecule has 120 valence electrons. The molecule has 0 aliphatic heterocycles. The number of hydrogen-bond donors (Lipinski definition) is 2. The third-order valence-electron chi connectivity index (χ3n) is 4.03. The predicted octanol–water partition coefficient (Wildman–Crippen LogP) is 1.62. The van der Waals surface area contributed by atoms with Gasteiger partial charge in [0.05, 0.1) is 5.92 Å². The van der Waals surface area contributed by atoms with Gasteiger partial charge in [0.15, 0.2) is 5.82 Å². The first-order valence-electron chi connectivity index (χ1n) is 7.41. The van der Waals surface area contributed by atoms with Crippen molar-refractivity contribution in [1.29, 1.82) is 0 Å². The van der Waals surface area contributed by atoms with Crippen molar-refractivity contribution < 1.29 is 9.32 Å². The summed E-state index contributed by atoms with van der Waals surface area (Å²) in [5.41, 5.74) is 5.84. The van der Waals surface area contributed by atoms with Crippen LogP contribution in [0.2, 0.25) is 0 Å². The average molecular weight is 317 g/mol. The number of carbonyl (C=O) groups is 1. The number of nitrogens with two attached hydrogens (primary N) is 1. The van der Waals surface area contributed by atoms with E-state index >= 15 is 0 Å². The number of rotatable bonds is 5. The lowest BCUT2D eigenvalue weighted by molar-refractivity contribution is -0.128. The van der Waals surface area contributed by atoms with Crippen LogP contribution in [-0.4, -0.2) is 28.1 Å². The molecule has 0 bridgehead atoms. The van der Waals surface area contributed by atoms with E-state index in [-0.39, 0.29) is 29.8 Å². The molecule has 21 heavy (non-hydrogen) atoms. The molecule has 0 saturated heterocycles. The Balaban J connectivity index is 0.00000220. The normalized spacial score (nSPS) is 25.2. The number of amides is 1. The van der Waals surface area contributed by atoms with Gasteiger partial charge < -0.3 is 15.6 Å². The van der Waals surface area contributed by atoms with Gasteiger partial charge in [-0.3, -0.25) is 4.79 Å². The maximum absolute atomic E-state index is 12.2. The maximum atomic E-state index is 12.2. The van der Waals surface area contributed by atoms with Crippen LogP contribution in [0.15, 0.2) is 4.52 Å². The van der Waals surface area contributed by atoms with Crippen molar-refractivity contribution in [1.82, 2.24) is 15.5 Å². The van der Waals surface area contributed by atoms with Gasteiger partial charge in [0.1, 0.15) is 0 Å². The summed E-state index contributed by atoms with van der Waals surface area (Å²) in [5.74, 6) is 1.23. The first-order valence-corrected chi connectivity index (χ1v) is 7.41. The second kappa shape index (κ2) is 7.75. The van der Waals surface area contributed by atoms with Crippen LogP contribution in [0, 0.1) is 5.92 Å². The minimum Gasteiger partial charge on any atom is -0.355 e. The van der Waals surface area contributed by atoms with Crippen molar-refractivity contribution in [2.75, 3.05) is 6.54 Å². The van der Waals surface area contributed by atoms with Crippen LogP contribution in [0.3, 0.4) is 0 Å². The second-order valence-corrected chi connectivity index (χ2v) is 5.80. The summed E-state index contributed by atoms with van der Waals surface area (Å²) in [6.45, 7) is 4.46. The summed E-state index contributed by atoms with van der Waals surface area (Å²) < 4.78 is 5.03. The smallest absolute Gasteiger partial charge is 0.226 e. The number of hydrogen-bond acceptors (Lipinski definition) is 5. The Labute approximate surface area is 131 Å². The molecule has 1 aromatic heterocycles. The molecule has 0 aromatic carbocycles. The Morgan fingerprint density at radius 2 is 2.29 bits per heavy atom. The van der Waals surface area contributed by atoms with E-state index in [1.54, 1.807) is 0 Å². The van der Waals surface area contributed by atoms with Gasteiger partial charge in [-0.25, -0.2) is 0 Å². The van der Waals surface area contributed by atoms with Crippen LogP contribution in [0.5, 0.6) is 0 Å². The fourth-order valence-corrected chi connectivity index (χ4v) is 2.74. The van der Waals surface area contributed by atoms with E-state index in [1.165, 1.54) is 0 Å². The molecular weight excluding hydrogens is 292 g/mol. The SMILES string of the molecule is CCc1nc(CCNC(=O)C2CCCCC2(C)N)no1.Cl. The van der Waals surface area contributed by atoms with Crippen molar-refractivity contribution >= 4 is 18.3 Å². The molecule has 2 atom stereocenters. The van der Waals surface area contributed by atoms with E-state index < -0.39 is 0 Å². The molecule has 2 unspecified atom stereocenters. The monoisotopic (exact) mass is 316 g/mol. The quantitative estimate of drug-likeness (QED) is 0.861. The number of halogens is 1. The first-order chi connectivity index (χ1) is 9.53. The average Bonchev–Trinajstić information content (AvgIpc) is 2.86. The molecule has 1 aromatic rings. The summed E-state index contributed by atoms with van der Waals surface area (Å²) in [4.78, 5) is 16.4. The zero-order valence-corrected chi connectivity index (χ0v) is 13.5. The molecule has 2 rings (SSSR count). The zero-order chi connectivity index (χ0) is 14.6. The molecule has 1 amide bonds. The molecule has 1 heterocycles. The van der Waals surface area contributed by atoms with Gasteiger partial charge in [-0.05, 0) is 19.8 Å². The Hall–Kier alpha value is -1.14. The van der Waals surface area contributed by atoms with Gasteiger partial charge in [-0.15, -0.1) is 12.4 Å². The minimum absolute atomic E-state index is 0. The van der Waals surface area contributed by atoms with E-state index in [4.69, 9.17) is 10.3 Å². The topological polar surface area (TPSA) is 94.0 Å². The lowest BCUT2D eigenvalue weighted by Gasteiger charge is -2.37. The van der Waals surface area contributed by atoms with Crippen LogP contribution in [0.1, 0.15) is 51.2 Å². The minimum atomic E-state index is -0.385. The fourth-order valence-electron chi connectivity index (χ4n) is 2.74. The molecular formula is C14H25ClN4O2. The molecule has 0 radical (unpaired) electrons. The molecule has 3 N–H and O–H groups in total. The van der Waals surface area contributed by atoms with Crippen molar-refractivity contribution in [3.63, 3.8) is 0 Å². The van der Waals surface area contributed by atoms with Crippen LogP contribution in [0.25, 0.3) is 0 Å². The largest absolute Gasteiger partial charge is 0.355 e. The van der Waals surface area contributed by atoms with E-state index in [9.17, 15) is 4.79 Å². The van der Waals surface area contributed by atoms with Crippen LogP contribution in [-0.2, 0) is 17.6 Å². The third-order valence-corrected chi connectivity index (χ3v) is 4.03. The molecule has 0 spiro atoms. The van der Waals surface area contributed by atoms with E-state index in [1.807, 2.05) is 13.8 Å². The summed E-state index contributed by atoms with van der Waals surface area (Å²) in [7, 11) is 0. The van der Waals surface area contributed by atoms with Gasteiger partial charge in [0.2, 0.25) is 11.8 Å². The second-order valence-electron chi connectivity index (χ2n) is 5.80. The first kappa shape index (κ1) is 17.9. The van der Waals surface area contributed by atoms with Crippen LogP contribution in [0.4, 0.5) is 0 Å². The van der Waals surface area contributed by atoms with Gasteiger partial charge in [-0.1, -0.05) is 24.9 Å². The van der Waals surface area contributed by atoms with Gasteiger partial charge in [0, 0.05) is 24.9 Å². The highest BCUT2D eigenvalue weighted by Gasteiger charge is 2.37. The molecule has 1 aliphatic rings. The highest BCUT2D eigenvalue weighted by atomic mass is 35.5. The van der Waals surface area contributed by atoms with Crippen molar-refractivity contribution in [2.24, 2.45) is 11.7 Å². The standard InChI is InChI=1S/C14H24N4O2.ClH/c1-3-12-17-11(18-20-12)7-9-16-13(19)10-6-4-5-8-14(10,2)15;/h10H,3-9,15H2,1-2H3,(H,16,19);1H. The van der Waals surface area contributed by atoms with Gasteiger partial charge >= 0.3 is 0 Å². The number of aryl methyl sites for hydroxylation is 1. The van der Waals surface area contributed by atoms with Crippen molar-refractivity contribution in [2.45, 2.75) is 57.9 Å². The number of nitrogens with one attached hydrogen (secondary N) is 1. The van der Waals surface area contributed by atoms with Crippen molar-refractivity contribution in [3.05, 3.63) is 11.7 Å². The maximum Gasteiger partial charge on any atom is 0.226 e. The highest BCUT2D eigenvalue weighted by Crippen LogP contribution is 2.31. The predicted molar refractivity (Wildman–Crippen MR) is 82.2 cm³/mol. The Kier molecular flexibility index (Phi) is 6.61. The molecule has 1 saturated carbocycles. The van der Waals surface area contributed by atoms with E-state index in [0.717, 1.165) is 32.1 Å². The molecule has 6 nitrogen and oxygen atoms in total. The Morgan fingerprint density at radius 3 is 2.90 bits per heavy atom. The third kappa shape index (κ3) is 4.68. The lowest BCUT2D eigenvalue weighted by atomic mass is 9.74. The van der Waals surface area contributed by atoms with E-state index in [2.05, 4.69) is 15.5 Å². The fraction of sp³-hybridized carbons (Fsp3) is 0.786. The Bertz CT molecular complexity index is 462. The van der Waals surface area contributed by atoms with Crippen molar-refractivity contribution in [3.8, 4) is 0 Å². The lowest BCUT2D eigenvalue weighted by Crippen LogP contribution is -2.53. The van der Waals surface area contributed by atoms with Crippen LogP contribution >= 0.6 is 12.4 Å². The summed E-state index contributed by atoms with van der Waals surface area (Å²) in [5, 5.41) is 6.81. The summed E-state index contributed by atoms with van der Waals surface area (Å²) in [6, 6.07) is 0. The molecule has 7 heteroatoms. The number of aromatic nitrogens is 2. The van der Waals surface area contributed by atoms with Gasteiger partial charge in [0.25, 0.3) is 0 Å². The zero-order valence-electron chi connectivity index (χ0n) is 12.7. The Morgan fingerprint density at radius 1 is 1.52 bits per heavy atom. The number of nitrogens with zero attached hydrogens (tertiary/aromatic N) is 2.